The van der Waals surface area contributed by atoms with Gasteiger partial charge in [0.2, 0.25) is 5.91 Å². The van der Waals surface area contributed by atoms with Gasteiger partial charge in [-0.3, -0.25) is 9.59 Å². The number of hydrogen-bond donors (Lipinski definition) is 2. The second-order valence-corrected chi connectivity index (χ2v) is 6.54. The summed E-state index contributed by atoms with van der Waals surface area (Å²) in [5, 5.41) is 5.89. The molecule has 0 aliphatic heterocycles. The molecular weight excluding hydrogens is 338 g/mol. The molecule has 1 aromatic rings. The van der Waals surface area contributed by atoms with Crippen LogP contribution in [-0.4, -0.2) is 43.4 Å². The van der Waals surface area contributed by atoms with Crippen LogP contribution in [0.4, 0.5) is 5.69 Å². The maximum Gasteiger partial charge on any atom is 0.253 e. The number of rotatable bonds is 7. The van der Waals surface area contributed by atoms with Crippen LogP contribution in [0.2, 0.25) is 0 Å². The summed E-state index contributed by atoms with van der Waals surface area (Å²) in [6.45, 7) is 0.828. The van der Waals surface area contributed by atoms with Crippen LogP contribution in [0, 0.1) is 0 Å². The van der Waals surface area contributed by atoms with Crippen molar-refractivity contribution < 1.29 is 9.59 Å². The topological polar surface area (TPSA) is 61.4 Å². The van der Waals surface area contributed by atoms with E-state index in [2.05, 4.69) is 10.6 Å². The zero-order chi connectivity index (χ0) is 17.4. The molecule has 25 heavy (non-hydrogen) atoms. The molecule has 1 saturated carbocycles. The third-order valence-corrected chi connectivity index (χ3v) is 4.69. The van der Waals surface area contributed by atoms with Crippen LogP contribution in [-0.2, 0) is 4.79 Å². The maximum absolute atomic E-state index is 12.6. The molecule has 0 unspecified atom stereocenters. The van der Waals surface area contributed by atoms with Gasteiger partial charge in [0.1, 0.15) is 0 Å². The second-order valence-electron chi connectivity index (χ2n) is 6.54. The van der Waals surface area contributed by atoms with Crippen LogP contribution in [0.15, 0.2) is 24.3 Å². The van der Waals surface area contributed by atoms with Gasteiger partial charge >= 0.3 is 0 Å². The third kappa shape index (κ3) is 6.67. The van der Waals surface area contributed by atoms with Crippen LogP contribution < -0.4 is 10.6 Å². The van der Waals surface area contributed by atoms with E-state index in [4.69, 9.17) is 0 Å². The fourth-order valence-electron chi connectivity index (χ4n) is 3.18. The predicted molar refractivity (Wildman–Crippen MR) is 104 cm³/mol. The Kier molecular flexibility index (Phi) is 9.53. The lowest BCUT2D eigenvalue weighted by Crippen LogP contribution is -2.38. The standard InChI is InChI=1S/C19H29N3O2.ClH/c1-20-14-6-9-18(23)21-16-12-10-15(11-13-16)19(24)22(2)17-7-4-3-5-8-17;/h10-13,17,20H,3-9,14H2,1-2H3,(H,21,23);1H. The Hall–Kier alpha value is -1.59. The predicted octanol–water partition coefficient (Wildman–Crippen LogP) is 3.45. The van der Waals surface area contributed by atoms with Crippen LogP contribution in [0.1, 0.15) is 55.3 Å². The molecule has 1 aliphatic carbocycles. The van der Waals surface area contributed by atoms with Gasteiger partial charge in [-0.2, -0.15) is 0 Å². The molecule has 0 saturated heterocycles. The Morgan fingerprint density at radius 1 is 1.12 bits per heavy atom. The smallest absolute Gasteiger partial charge is 0.253 e. The Morgan fingerprint density at radius 2 is 1.76 bits per heavy atom. The number of carbonyl (C=O) groups excluding carboxylic acids is 2. The molecule has 0 radical (unpaired) electrons. The molecule has 0 aromatic heterocycles. The van der Waals surface area contributed by atoms with Gasteiger partial charge in [-0.1, -0.05) is 19.3 Å². The monoisotopic (exact) mass is 367 g/mol. The fourth-order valence-corrected chi connectivity index (χ4v) is 3.18. The number of hydrogen-bond acceptors (Lipinski definition) is 3. The number of benzene rings is 1. The SMILES string of the molecule is CNCCCC(=O)Nc1ccc(C(=O)N(C)C2CCCCC2)cc1.Cl. The van der Waals surface area contributed by atoms with Crippen molar-refractivity contribution >= 4 is 29.9 Å². The lowest BCUT2D eigenvalue weighted by molar-refractivity contribution is -0.116. The lowest BCUT2D eigenvalue weighted by atomic mass is 9.94. The Balaban J connectivity index is 0.00000312. The molecule has 2 N–H and O–H groups in total. The van der Waals surface area contributed by atoms with Gasteiger partial charge in [0.05, 0.1) is 0 Å². The Morgan fingerprint density at radius 3 is 2.36 bits per heavy atom. The first kappa shape index (κ1) is 21.5. The lowest BCUT2D eigenvalue weighted by Gasteiger charge is -2.31. The number of halogens is 1. The molecule has 1 aliphatic rings. The largest absolute Gasteiger partial charge is 0.339 e. The minimum atomic E-state index is 0. The highest BCUT2D eigenvalue weighted by Gasteiger charge is 2.22. The first-order valence-electron chi connectivity index (χ1n) is 8.93. The minimum absolute atomic E-state index is 0. The molecule has 1 fully saturated rings. The Bertz CT molecular complexity index is 542. The van der Waals surface area contributed by atoms with Gasteiger partial charge < -0.3 is 15.5 Å². The molecule has 1 aromatic carbocycles. The van der Waals surface area contributed by atoms with E-state index in [9.17, 15) is 9.59 Å². The molecule has 2 rings (SSSR count). The Labute approximate surface area is 157 Å². The zero-order valence-electron chi connectivity index (χ0n) is 15.2. The van der Waals surface area contributed by atoms with Crippen LogP contribution in [0.25, 0.3) is 0 Å². The molecule has 0 atom stereocenters. The highest BCUT2D eigenvalue weighted by molar-refractivity contribution is 5.95. The second kappa shape index (κ2) is 11.1. The first-order chi connectivity index (χ1) is 11.6. The summed E-state index contributed by atoms with van der Waals surface area (Å²) in [6.07, 6.45) is 7.20. The van der Waals surface area contributed by atoms with Crippen molar-refractivity contribution in [2.24, 2.45) is 0 Å². The average Bonchev–Trinajstić information content (AvgIpc) is 2.62. The van der Waals surface area contributed by atoms with E-state index < -0.39 is 0 Å². The molecule has 0 spiro atoms. The molecule has 0 bridgehead atoms. The van der Waals surface area contributed by atoms with Crippen molar-refractivity contribution in [2.75, 3.05) is 26.0 Å². The summed E-state index contributed by atoms with van der Waals surface area (Å²) in [6, 6.07) is 7.56. The van der Waals surface area contributed by atoms with E-state index in [1.54, 1.807) is 24.3 Å². The van der Waals surface area contributed by atoms with E-state index in [1.807, 2.05) is 19.0 Å². The third-order valence-electron chi connectivity index (χ3n) is 4.69. The number of nitrogens with one attached hydrogen (secondary N) is 2. The van der Waals surface area contributed by atoms with E-state index in [-0.39, 0.29) is 24.2 Å². The molecular formula is C19H30ClN3O2. The summed E-state index contributed by atoms with van der Waals surface area (Å²) in [4.78, 5) is 26.3. The number of anilines is 1. The summed E-state index contributed by atoms with van der Waals surface area (Å²) < 4.78 is 0. The summed E-state index contributed by atoms with van der Waals surface area (Å²) in [5.74, 6) is 0.0671. The van der Waals surface area contributed by atoms with Gasteiger partial charge in [-0.15, -0.1) is 12.4 Å². The first-order valence-corrected chi connectivity index (χ1v) is 8.93. The molecule has 140 valence electrons. The minimum Gasteiger partial charge on any atom is -0.339 e. The normalized spacial score (nSPS) is 14.5. The molecule has 5 nitrogen and oxygen atoms in total. The maximum atomic E-state index is 12.6. The van der Waals surface area contributed by atoms with Gasteiger partial charge in [0.25, 0.3) is 5.91 Å². The van der Waals surface area contributed by atoms with E-state index >= 15 is 0 Å². The van der Waals surface area contributed by atoms with Crippen molar-refractivity contribution in [3.05, 3.63) is 29.8 Å². The van der Waals surface area contributed by atoms with Crippen molar-refractivity contribution in [3.8, 4) is 0 Å². The van der Waals surface area contributed by atoms with Crippen LogP contribution >= 0.6 is 12.4 Å². The van der Waals surface area contributed by atoms with Gasteiger partial charge in [-0.05, 0) is 57.1 Å². The summed E-state index contributed by atoms with van der Waals surface area (Å²) >= 11 is 0. The van der Waals surface area contributed by atoms with Crippen LogP contribution in [0.3, 0.4) is 0 Å². The van der Waals surface area contributed by atoms with E-state index in [0.29, 0.717) is 18.0 Å². The summed E-state index contributed by atoms with van der Waals surface area (Å²) in [7, 11) is 3.77. The summed E-state index contributed by atoms with van der Waals surface area (Å²) in [5.41, 5.74) is 1.41. The van der Waals surface area contributed by atoms with E-state index in [0.717, 1.165) is 31.5 Å². The number of amides is 2. The highest BCUT2D eigenvalue weighted by Crippen LogP contribution is 2.23. The number of nitrogens with zero attached hydrogens (tertiary/aromatic N) is 1. The molecule has 6 heteroatoms. The van der Waals surface area contributed by atoms with Crippen molar-refractivity contribution in [1.29, 1.82) is 0 Å². The van der Waals surface area contributed by atoms with Crippen molar-refractivity contribution in [1.82, 2.24) is 10.2 Å². The molecule has 0 heterocycles. The number of carbonyl (C=O) groups is 2. The van der Waals surface area contributed by atoms with Crippen LogP contribution in [0.5, 0.6) is 0 Å². The fraction of sp³-hybridized carbons (Fsp3) is 0.579. The quantitative estimate of drug-likeness (QED) is 0.725. The van der Waals surface area contributed by atoms with Crippen molar-refractivity contribution in [2.45, 2.75) is 51.0 Å². The highest BCUT2D eigenvalue weighted by atomic mass is 35.5. The molecule has 2 amide bonds. The van der Waals surface area contributed by atoms with Gasteiger partial charge in [-0.25, -0.2) is 0 Å². The van der Waals surface area contributed by atoms with Crippen molar-refractivity contribution in [3.63, 3.8) is 0 Å². The van der Waals surface area contributed by atoms with Gasteiger partial charge in [0.15, 0.2) is 0 Å². The van der Waals surface area contributed by atoms with Gasteiger partial charge in [0, 0.05) is 30.8 Å². The average molecular weight is 368 g/mol. The van der Waals surface area contributed by atoms with E-state index in [1.165, 1.54) is 19.3 Å². The zero-order valence-corrected chi connectivity index (χ0v) is 16.0.